The molecule has 3 aromatic rings. The quantitative estimate of drug-likeness (QED) is 0.518. The van der Waals surface area contributed by atoms with Gasteiger partial charge in [-0.05, 0) is 52.3 Å². The Morgan fingerprint density at radius 1 is 1.10 bits per heavy atom. The van der Waals surface area contributed by atoms with E-state index in [4.69, 9.17) is 0 Å². The molecule has 0 bridgehead atoms. The van der Waals surface area contributed by atoms with Gasteiger partial charge in [0.15, 0.2) is 0 Å². The first-order valence-corrected chi connectivity index (χ1v) is 12.2. The van der Waals surface area contributed by atoms with Crippen LogP contribution in [-0.2, 0) is 21.4 Å². The second kappa shape index (κ2) is 8.89. The van der Waals surface area contributed by atoms with E-state index in [1.807, 2.05) is 58.8 Å². The van der Waals surface area contributed by atoms with Crippen LogP contribution < -0.4 is 10.2 Å². The normalized spacial score (nSPS) is 16.5. The van der Waals surface area contributed by atoms with Gasteiger partial charge in [0.05, 0.1) is 12.2 Å². The van der Waals surface area contributed by atoms with Crippen LogP contribution in [-0.4, -0.2) is 17.6 Å². The topological polar surface area (TPSA) is 49.4 Å². The van der Waals surface area contributed by atoms with Crippen LogP contribution in [0.25, 0.3) is 0 Å². The van der Waals surface area contributed by atoms with Gasteiger partial charge in [-0.1, -0.05) is 51.1 Å². The number of hydrogen-bond donors (Lipinski definition) is 1. The van der Waals surface area contributed by atoms with Gasteiger partial charge in [-0.2, -0.15) is 0 Å². The number of carbonyl (C=O) groups excluding carboxylic acids is 2. The van der Waals surface area contributed by atoms with E-state index < -0.39 is 0 Å². The Morgan fingerprint density at radius 3 is 2.55 bits per heavy atom. The second-order valence-electron chi connectivity index (χ2n) is 8.65. The number of thioether (sulfide) groups is 1. The predicted molar refractivity (Wildman–Crippen MR) is 131 cm³/mol. The lowest BCUT2D eigenvalue weighted by atomic mass is 9.87. The molecule has 1 fully saturated rings. The molecule has 6 heteroatoms. The van der Waals surface area contributed by atoms with Crippen LogP contribution in [0.15, 0.2) is 66.0 Å². The van der Waals surface area contributed by atoms with Crippen LogP contribution in [0.1, 0.15) is 42.1 Å². The fourth-order valence-electron chi connectivity index (χ4n) is 3.62. The monoisotopic (exact) mass is 450 g/mol. The fraction of sp³-hybridized carbons (Fsp3) is 0.280. The Kier molecular flexibility index (Phi) is 6.21. The van der Waals surface area contributed by atoms with Gasteiger partial charge in [0.1, 0.15) is 5.37 Å². The summed E-state index contributed by atoms with van der Waals surface area (Å²) in [5.74, 6) is 0.510. The van der Waals surface area contributed by atoms with Crippen molar-refractivity contribution in [1.82, 2.24) is 0 Å². The summed E-state index contributed by atoms with van der Waals surface area (Å²) >= 11 is 3.19. The van der Waals surface area contributed by atoms with Gasteiger partial charge in [0.25, 0.3) is 0 Å². The molecule has 1 N–H and O–H groups in total. The first kappa shape index (κ1) is 21.7. The van der Waals surface area contributed by atoms with E-state index in [0.29, 0.717) is 12.2 Å². The smallest absolute Gasteiger partial charge is 0.238 e. The average molecular weight is 451 g/mol. The fourth-order valence-corrected chi connectivity index (χ4v) is 5.49. The van der Waals surface area contributed by atoms with E-state index in [9.17, 15) is 9.59 Å². The van der Waals surface area contributed by atoms with Gasteiger partial charge in [0.2, 0.25) is 11.8 Å². The van der Waals surface area contributed by atoms with Crippen LogP contribution in [0, 0.1) is 0 Å². The second-order valence-corrected chi connectivity index (χ2v) is 10.8. The molecule has 4 rings (SSSR count). The molecule has 31 heavy (non-hydrogen) atoms. The summed E-state index contributed by atoms with van der Waals surface area (Å²) in [5, 5.41) is 4.85. The van der Waals surface area contributed by atoms with Crippen molar-refractivity contribution in [2.24, 2.45) is 0 Å². The SMILES string of the molecule is CC(C)(C)c1ccc(N2C(=O)CS[C@H]2c2cccc(NC(=O)Cc3cccs3)c2)cc1. The van der Waals surface area contributed by atoms with Crippen molar-refractivity contribution in [3.63, 3.8) is 0 Å². The largest absolute Gasteiger partial charge is 0.326 e. The van der Waals surface area contributed by atoms with E-state index in [1.165, 1.54) is 5.56 Å². The lowest BCUT2D eigenvalue weighted by Crippen LogP contribution is -2.28. The Morgan fingerprint density at radius 2 is 1.87 bits per heavy atom. The lowest BCUT2D eigenvalue weighted by molar-refractivity contribution is -0.116. The zero-order chi connectivity index (χ0) is 22.0. The molecule has 160 valence electrons. The van der Waals surface area contributed by atoms with Crippen molar-refractivity contribution in [1.29, 1.82) is 0 Å². The number of amides is 2. The van der Waals surface area contributed by atoms with E-state index in [2.05, 4.69) is 38.2 Å². The minimum atomic E-state index is -0.109. The van der Waals surface area contributed by atoms with Crippen LogP contribution in [0.4, 0.5) is 11.4 Å². The maximum atomic E-state index is 12.7. The molecule has 0 saturated carbocycles. The summed E-state index contributed by atoms with van der Waals surface area (Å²) < 4.78 is 0. The van der Waals surface area contributed by atoms with Gasteiger partial charge in [-0.3, -0.25) is 14.5 Å². The number of rotatable bonds is 5. The molecule has 0 aliphatic carbocycles. The average Bonchev–Trinajstić information content (AvgIpc) is 3.37. The number of carbonyl (C=O) groups is 2. The van der Waals surface area contributed by atoms with Crippen molar-refractivity contribution in [2.45, 2.75) is 38.0 Å². The van der Waals surface area contributed by atoms with E-state index in [-0.39, 0.29) is 22.6 Å². The van der Waals surface area contributed by atoms with Gasteiger partial charge in [0, 0.05) is 16.3 Å². The number of nitrogens with one attached hydrogen (secondary N) is 1. The number of nitrogens with zero attached hydrogens (tertiary/aromatic N) is 1. The molecule has 2 aromatic carbocycles. The summed E-state index contributed by atoms with van der Waals surface area (Å²) in [6, 6.07) is 20.0. The van der Waals surface area contributed by atoms with Gasteiger partial charge < -0.3 is 5.32 Å². The zero-order valence-corrected chi connectivity index (χ0v) is 19.6. The van der Waals surface area contributed by atoms with Crippen LogP contribution >= 0.6 is 23.1 Å². The molecule has 0 radical (unpaired) electrons. The Balaban J connectivity index is 1.53. The summed E-state index contributed by atoms with van der Waals surface area (Å²) in [6.07, 6.45) is 0.366. The maximum absolute atomic E-state index is 12.7. The molecule has 4 nitrogen and oxygen atoms in total. The van der Waals surface area contributed by atoms with Crippen LogP contribution in [0.2, 0.25) is 0 Å². The third kappa shape index (κ3) is 5.02. The minimum Gasteiger partial charge on any atom is -0.326 e. The third-order valence-electron chi connectivity index (χ3n) is 5.25. The van der Waals surface area contributed by atoms with Crippen molar-refractivity contribution in [3.05, 3.63) is 82.0 Å². The molecule has 1 aromatic heterocycles. The van der Waals surface area contributed by atoms with Crippen LogP contribution in [0.5, 0.6) is 0 Å². The molecular weight excluding hydrogens is 424 g/mol. The number of benzene rings is 2. The Bertz CT molecular complexity index is 1070. The molecule has 1 saturated heterocycles. The van der Waals surface area contributed by atoms with Crippen molar-refractivity contribution in [3.8, 4) is 0 Å². The highest BCUT2D eigenvalue weighted by Crippen LogP contribution is 2.42. The summed E-state index contributed by atoms with van der Waals surface area (Å²) in [7, 11) is 0. The number of thiophene rings is 1. The highest BCUT2D eigenvalue weighted by molar-refractivity contribution is 8.00. The van der Waals surface area contributed by atoms with Crippen molar-refractivity contribution in [2.75, 3.05) is 16.0 Å². The molecule has 1 aliphatic rings. The van der Waals surface area contributed by atoms with Gasteiger partial charge >= 0.3 is 0 Å². The molecule has 1 aliphatic heterocycles. The zero-order valence-electron chi connectivity index (χ0n) is 17.9. The standard InChI is InChI=1S/C25H26N2O2S2/c1-25(2,3)18-9-11-20(12-10-18)27-23(29)16-31-24(27)17-6-4-7-19(14-17)26-22(28)15-21-8-5-13-30-21/h4-14,24H,15-16H2,1-3H3,(H,26,28)/t24-/m0/s1. The molecule has 1 atom stereocenters. The highest BCUT2D eigenvalue weighted by Gasteiger charge is 2.34. The van der Waals surface area contributed by atoms with Crippen molar-refractivity contribution < 1.29 is 9.59 Å². The highest BCUT2D eigenvalue weighted by atomic mass is 32.2. The predicted octanol–water partition coefficient (Wildman–Crippen LogP) is 6.01. The van der Waals surface area contributed by atoms with Crippen molar-refractivity contribution >= 4 is 46.3 Å². The summed E-state index contributed by atoms with van der Waals surface area (Å²) in [5.41, 5.74) is 3.96. The number of hydrogen-bond acceptors (Lipinski definition) is 4. The maximum Gasteiger partial charge on any atom is 0.238 e. The Hall–Kier alpha value is -2.57. The number of anilines is 2. The minimum absolute atomic E-state index is 0.0376. The first-order valence-electron chi connectivity index (χ1n) is 10.3. The first-order chi connectivity index (χ1) is 14.8. The van der Waals surface area contributed by atoms with E-state index in [0.717, 1.165) is 21.8 Å². The van der Waals surface area contributed by atoms with E-state index >= 15 is 0 Å². The Labute approximate surface area is 191 Å². The summed E-state index contributed by atoms with van der Waals surface area (Å²) in [4.78, 5) is 28.0. The van der Waals surface area contributed by atoms with Crippen LogP contribution in [0.3, 0.4) is 0 Å². The lowest BCUT2D eigenvalue weighted by Gasteiger charge is -2.26. The summed E-state index contributed by atoms with van der Waals surface area (Å²) in [6.45, 7) is 6.54. The third-order valence-corrected chi connectivity index (χ3v) is 7.34. The molecule has 2 amide bonds. The molecular formula is C25H26N2O2S2. The van der Waals surface area contributed by atoms with Gasteiger partial charge in [-0.15, -0.1) is 23.1 Å². The molecule has 0 spiro atoms. The molecule has 2 heterocycles. The van der Waals surface area contributed by atoms with Gasteiger partial charge in [-0.25, -0.2) is 0 Å². The molecule has 0 unspecified atom stereocenters. The van der Waals surface area contributed by atoms with E-state index in [1.54, 1.807) is 23.1 Å².